The Morgan fingerprint density at radius 3 is 2.38 bits per heavy atom. The average Bonchev–Trinajstić information content (AvgIpc) is 2.31. The van der Waals surface area contributed by atoms with Crippen molar-refractivity contribution in [1.82, 2.24) is 0 Å². The smallest absolute Gasteiger partial charge is 0.0400 e. The lowest BCUT2D eigenvalue weighted by molar-refractivity contribution is 1.71. The predicted octanol–water partition coefficient (Wildman–Crippen LogP) is 4.34. The fourth-order valence-electron chi connectivity index (χ4n) is 2.10. The minimum Gasteiger partial charge on any atom is -0.398 e. The van der Waals surface area contributed by atoms with Crippen molar-refractivity contribution in [3.8, 4) is 0 Å². The zero-order valence-electron chi connectivity index (χ0n) is 8.57. The van der Waals surface area contributed by atoms with Gasteiger partial charge >= 0.3 is 0 Å². The van der Waals surface area contributed by atoms with Crippen LogP contribution < -0.4 is 5.73 Å². The summed E-state index contributed by atoms with van der Waals surface area (Å²) >= 11 is 3.51. The highest BCUT2D eigenvalue weighted by atomic mass is 79.9. The molecular weight excluding hydrogens is 262 g/mol. The standard InChI is InChI=1S/C14H10BrN/c15-10-6-5-9-7-14(16)12-4-2-1-3-11(12)13(9)8-10/h1-8H,16H2. The number of nitrogen functional groups attached to an aromatic ring is 1. The summed E-state index contributed by atoms with van der Waals surface area (Å²) in [5.41, 5.74) is 6.89. The molecule has 3 aromatic carbocycles. The topological polar surface area (TPSA) is 26.0 Å². The number of hydrogen-bond donors (Lipinski definition) is 1. The molecule has 1 nitrogen and oxygen atoms in total. The van der Waals surface area contributed by atoms with E-state index in [-0.39, 0.29) is 0 Å². The second-order valence-corrected chi connectivity index (χ2v) is 4.79. The van der Waals surface area contributed by atoms with E-state index in [4.69, 9.17) is 5.73 Å². The van der Waals surface area contributed by atoms with Gasteiger partial charge in [0.25, 0.3) is 0 Å². The second kappa shape index (κ2) is 3.49. The Morgan fingerprint density at radius 1 is 0.812 bits per heavy atom. The van der Waals surface area contributed by atoms with Crippen molar-refractivity contribution in [1.29, 1.82) is 0 Å². The van der Waals surface area contributed by atoms with Gasteiger partial charge in [-0.05, 0) is 34.4 Å². The maximum atomic E-state index is 6.05. The largest absolute Gasteiger partial charge is 0.398 e. The minimum absolute atomic E-state index is 0.838. The first-order chi connectivity index (χ1) is 7.75. The number of benzene rings is 3. The van der Waals surface area contributed by atoms with Crippen LogP contribution in [0.3, 0.4) is 0 Å². The molecule has 0 fully saturated rings. The third kappa shape index (κ3) is 1.38. The highest BCUT2D eigenvalue weighted by Crippen LogP contribution is 2.31. The van der Waals surface area contributed by atoms with Gasteiger partial charge < -0.3 is 5.73 Å². The highest BCUT2D eigenvalue weighted by Gasteiger charge is 2.03. The first kappa shape index (κ1) is 9.67. The van der Waals surface area contributed by atoms with E-state index in [0.717, 1.165) is 15.5 Å². The summed E-state index contributed by atoms with van der Waals surface area (Å²) in [5, 5.41) is 4.74. The van der Waals surface area contributed by atoms with E-state index in [1.165, 1.54) is 16.2 Å². The van der Waals surface area contributed by atoms with E-state index >= 15 is 0 Å². The second-order valence-electron chi connectivity index (χ2n) is 3.88. The Morgan fingerprint density at radius 2 is 1.56 bits per heavy atom. The van der Waals surface area contributed by atoms with Crippen molar-refractivity contribution in [2.45, 2.75) is 0 Å². The summed E-state index contributed by atoms with van der Waals surface area (Å²) in [6.07, 6.45) is 0. The number of fused-ring (bicyclic) bond motifs is 3. The van der Waals surface area contributed by atoms with Gasteiger partial charge in [0.05, 0.1) is 0 Å². The van der Waals surface area contributed by atoms with E-state index < -0.39 is 0 Å². The van der Waals surface area contributed by atoms with Crippen molar-refractivity contribution in [2.24, 2.45) is 0 Å². The Kier molecular flexibility index (Phi) is 2.11. The Balaban J connectivity index is 2.61. The molecule has 0 aromatic heterocycles. The minimum atomic E-state index is 0.838. The SMILES string of the molecule is Nc1cc2ccc(Br)cc2c2ccccc12. The summed E-state index contributed by atoms with van der Waals surface area (Å²) < 4.78 is 1.09. The number of rotatable bonds is 0. The molecule has 78 valence electrons. The van der Waals surface area contributed by atoms with E-state index in [9.17, 15) is 0 Å². The third-order valence-electron chi connectivity index (χ3n) is 2.85. The number of halogens is 1. The number of nitrogens with two attached hydrogens (primary N) is 1. The Labute approximate surface area is 102 Å². The molecule has 2 N–H and O–H groups in total. The van der Waals surface area contributed by atoms with Gasteiger partial charge in [-0.2, -0.15) is 0 Å². The average molecular weight is 272 g/mol. The molecule has 0 saturated carbocycles. The van der Waals surface area contributed by atoms with Crippen LogP contribution in [0.1, 0.15) is 0 Å². The Bertz CT molecular complexity index is 689. The molecule has 2 heteroatoms. The van der Waals surface area contributed by atoms with Crippen molar-refractivity contribution in [3.63, 3.8) is 0 Å². The van der Waals surface area contributed by atoms with Crippen LogP contribution in [0.25, 0.3) is 21.5 Å². The number of hydrogen-bond acceptors (Lipinski definition) is 1. The van der Waals surface area contributed by atoms with Gasteiger partial charge in [0.1, 0.15) is 0 Å². The molecule has 0 bridgehead atoms. The summed E-state index contributed by atoms with van der Waals surface area (Å²) in [6.45, 7) is 0. The van der Waals surface area contributed by atoms with Crippen molar-refractivity contribution in [3.05, 3.63) is 53.0 Å². The summed E-state index contributed by atoms with van der Waals surface area (Å²) in [7, 11) is 0. The zero-order valence-corrected chi connectivity index (χ0v) is 10.2. The molecule has 0 aliphatic carbocycles. The molecule has 3 rings (SSSR count). The van der Waals surface area contributed by atoms with Crippen LogP contribution in [0, 0.1) is 0 Å². The molecule has 3 aromatic rings. The van der Waals surface area contributed by atoms with Gasteiger partial charge in [0.2, 0.25) is 0 Å². The zero-order chi connectivity index (χ0) is 11.1. The van der Waals surface area contributed by atoms with Crippen LogP contribution in [-0.2, 0) is 0 Å². The van der Waals surface area contributed by atoms with Crippen molar-refractivity contribution in [2.75, 3.05) is 5.73 Å². The maximum Gasteiger partial charge on any atom is 0.0400 e. The molecule has 0 radical (unpaired) electrons. The van der Waals surface area contributed by atoms with Crippen LogP contribution in [0.15, 0.2) is 53.0 Å². The third-order valence-corrected chi connectivity index (χ3v) is 3.35. The normalized spacial score (nSPS) is 11.1. The first-order valence-electron chi connectivity index (χ1n) is 5.12. The molecular formula is C14H10BrN. The molecule has 0 atom stereocenters. The van der Waals surface area contributed by atoms with E-state index in [1.54, 1.807) is 0 Å². The molecule has 0 unspecified atom stereocenters. The van der Waals surface area contributed by atoms with Gasteiger partial charge in [0.15, 0.2) is 0 Å². The first-order valence-corrected chi connectivity index (χ1v) is 5.91. The molecule has 0 aliphatic rings. The van der Waals surface area contributed by atoms with Crippen molar-refractivity contribution >= 4 is 43.2 Å². The molecule has 0 saturated heterocycles. The lowest BCUT2D eigenvalue weighted by Gasteiger charge is -2.07. The monoisotopic (exact) mass is 271 g/mol. The van der Waals surface area contributed by atoms with Gasteiger partial charge in [-0.25, -0.2) is 0 Å². The highest BCUT2D eigenvalue weighted by molar-refractivity contribution is 9.10. The van der Waals surface area contributed by atoms with Crippen LogP contribution in [-0.4, -0.2) is 0 Å². The van der Waals surface area contributed by atoms with E-state index in [1.807, 2.05) is 24.3 Å². The fourth-order valence-corrected chi connectivity index (χ4v) is 2.46. The quantitative estimate of drug-likeness (QED) is 0.478. The van der Waals surface area contributed by atoms with Crippen molar-refractivity contribution < 1.29 is 0 Å². The van der Waals surface area contributed by atoms with Gasteiger partial charge in [-0.3, -0.25) is 0 Å². The lowest BCUT2D eigenvalue weighted by Crippen LogP contribution is -1.88. The van der Waals surface area contributed by atoms with E-state index in [0.29, 0.717) is 0 Å². The fraction of sp³-hybridized carbons (Fsp3) is 0. The predicted molar refractivity (Wildman–Crippen MR) is 73.6 cm³/mol. The van der Waals surface area contributed by atoms with Crippen LogP contribution in [0.5, 0.6) is 0 Å². The lowest BCUT2D eigenvalue weighted by atomic mass is 10.0. The Hall–Kier alpha value is -1.54. The molecule has 16 heavy (non-hydrogen) atoms. The summed E-state index contributed by atoms with van der Waals surface area (Å²) in [5.74, 6) is 0. The molecule has 0 aliphatic heterocycles. The maximum absolute atomic E-state index is 6.05. The van der Waals surface area contributed by atoms with E-state index in [2.05, 4.69) is 40.2 Å². The van der Waals surface area contributed by atoms with Gasteiger partial charge in [-0.1, -0.05) is 46.3 Å². The van der Waals surface area contributed by atoms with Crippen LogP contribution >= 0.6 is 15.9 Å². The number of anilines is 1. The van der Waals surface area contributed by atoms with Gasteiger partial charge in [0, 0.05) is 15.5 Å². The summed E-state index contributed by atoms with van der Waals surface area (Å²) in [4.78, 5) is 0. The van der Waals surface area contributed by atoms with Gasteiger partial charge in [-0.15, -0.1) is 0 Å². The molecule has 0 spiro atoms. The molecule has 0 heterocycles. The van der Waals surface area contributed by atoms with Crippen LogP contribution in [0.4, 0.5) is 5.69 Å². The van der Waals surface area contributed by atoms with Crippen LogP contribution in [0.2, 0.25) is 0 Å². The summed E-state index contributed by atoms with van der Waals surface area (Å²) in [6, 6.07) is 16.5. The molecule has 0 amide bonds.